The van der Waals surface area contributed by atoms with Gasteiger partial charge in [0.1, 0.15) is 10.7 Å². The van der Waals surface area contributed by atoms with E-state index >= 15 is 0 Å². The number of carbonyl (C=O) groups excluding carboxylic acids is 1. The van der Waals surface area contributed by atoms with Crippen molar-refractivity contribution < 1.29 is 9.18 Å². The summed E-state index contributed by atoms with van der Waals surface area (Å²) >= 11 is 6.97. The summed E-state index contributed by atoms with van der Waals surface area (Å²) in [5, 5.41) is 3.61. The molecular formula is C13H13ClFN3OS. The van der Waals surface area contributed by atoms with Gasteiger partial charge in [-0.15, -0.1) is 0 Å². The van der Waals surface area contributed by atoms with Crippen molar-refractivity contribution in [2.45, 2.75) is 6.92 Å². The topological polar surface area (TPSA) is 45.2 Å². The molecule has 0 radical (unpaired) electrons. The Morgan fingerprint density at radius 1 is 1.45 bits per heavy atom. The Bertz CT molecular complexity index is 657. The zero-order chi connectivity index (χ0) is 14.9. The normalized spacial score (nSPS) is 10.4. The number of thiazole rings is 1. The third-order valence-electron chi connectivity index (χ3n) is 2.57. The number of halogens is 2. The molecule has 0 saturated heterocycles. The summed E-state index contributed by atoms with van der Waals surface area (Å²) in [4.78, 5) is 18.3. The Balaban J connectivity index is 2.24. The second-order valence-corrected chi connectivity index (χ2v) is 5.79. The second kappa shape index (κ2) is 5.76. The lowest BCUT2D eigenvalue weighted by atomic mass is 10.3. The molecule has 20 heavy (non-hydrogen) atoms. The number of nitrogens with one attached hydrogen (secondary N) is 1. The van der Waals surface area contributed by atoms with Crippen LogP contribution in [-0.2, 0) is 0 Å². The van der Waals surface area contributed by atoms with E-state index in [1.165, 1.54) is 28.4 Å². The van der Waals surface area contributed by atoms with Crippen LogP contribution in [0, 0.1) is 12.7 Å². The van der Waals surface area contributed by atoms with Crippen LogP contribution in [0.25, 0.3) is 0 Å². The average Bonchev–Trinajstić information content (AvgIpc) is 2.73. The number of benzene rings is 1. The third kappa shape index (κ3) is 3.08. The Labute approximate surface area is 125 Å². The van der Waals surface area contributed by atoms with Gasteiger partial charge in [0, 0.05) is 19.8 Å². The van der Waals surface area contributed by atoms with Gasteiger partial charge in [0.2, 0.25) is 0 Å². The number of anilines is 2. The first kappa shape index (κ1) is 14.7. The Morgan fingerprint density at radius 2 is 2.15 bits per heavy atom. The molecule has 2 rings (SSSR count). The van der Waals surface area contributed by atoms with E-state index in [9.17, 15) is 9.18 Å². The van der Waals surface area contributed by atoms with Gasteiger partial charge in [-0.2, -0.15) is 0 Å². The Kier molecular flexibility index (Phi) is 4.25. The highest BCUT2D eigenvalue weighted by molar-refractivity contribution is 7.17. The molecule has 0 fully saturated rings. The summed E-state index contributed by atoms with van der Waals surface area (Å²) in [5.74, 6) is -0.568. The van der Waals surface area contributed by atoms with Crippen LogP contribution < -0.4 is 5.32 Å². The zero-order valence-electron chi connectivity index (χ0n) is 11.2. The van der Waals surface area contributed by atoms with Crippen LogP contribution in [0.3, 0.4) is 0 Å². The lowest BCUT2D eigenvalue weighted by Gasteiger charge is -2.07. The maximum Gasteiger partial charge on any atom is 0.265 e. The van der Waals surface area contributed by atoms with Crippen LogP contribution in [-0.4, -0.2) is 29.9 Å². The molecule has 0 aliphatic rings. The molecule has 0 atom stereocenters. The minimum absolute atomic E-state index is 0.0351. The molecule has 2 aromatic rings. The summed E-state index contributed by atoms with van der Waals surface area (Å²) in [7, 11) is 3.38. The van der Waals surface area contributed by atoms with E-state index in [1.807, 2.05) is 0 Å². The first-order valence-electron chi connectivity index (χ1n) is 5.79. The highest BCUT2D eigenvalue weighted by Crippen LogP contribution is 2.28. The van der Waals surface area contributed by atoms with E-state index in [4.69, 9.17) is 11.6 Å². The highest BCUT2D eigenvalue weighted by Gasteiger charge is 2.17. The quantitative estimate of drug-likeness (QED) is 0.940. The molecule has 0 saturated carbocycles. The highest BCUT2D eigenvalue weighted by atomic mass is 35.5. The Hall–Kier alpha value is -1.66. The smallest absolute Gasteiger partial charge is 0.265 e. The van der Waals surface area contributed by atoms with E-state index in [0.717, 1.165) is 0 Å². The van der Waals surface area contributed by atoms with Gasteiger partial charge in [0.25, 0.3) is 5.91 Å². The van der Waals surface area contributed by atoms with Crippen molar-refractivity contribution in [3.05, 3.63) is 39.6 Å². The lowest BCUT2D eigenvalue weighted by Crippen LogP contribution is -2.21. The van der Waals surface area contributed by atoms with Gasteiger partial charge in [0.05, 0.1) is 10.7 Å². The summed E-state index contributed by atoms with van der Waals surface area (Å²) in [6, 6.07) is 4.31. The van der Waals surface area contributed by atoms with Gasteiger partial charge in [-0.25, -0.2) is 9.37 Å². The number of nitrogens with zero attached hydrogens (tertiary/aromatic N) is 2. The van der Waals surface area contributed by atoms with Crippen molar-refractivity contribution in [3.63, 3.8) is 0 Å². The monoisotopic (exact) mass is 313 g/mol. The van der Waals surface area contributed by atoms with Crippen LogP contribution >= 0.6 is 22.9 Å². The summed E-state index contributed by atoms with van der Waals surface area (Å²) in [6.45, 7) is 1.77. The average molecular weight is 314 g/mol. The van der Waals surface area contributed by atoms with E-state index in [1.54, 1.807) is 27.1 Å². The predicted molar refractivity (Wildman–Crippen MR) is 79.6 cm³/mol. The molecular weight excluding hydrogens is 301 g/mol. The first-order valence-corrected chi connectivity index (χ1v) is 6.99. The Morgan fingerprint density at radius 3 is 2.75 bits per heavy atom. The van der Waals surface area contributed by atoms with Crippen LogP contribution in [0.5, 0.6) is 0 Å². The molecule has 0 spiro atoms. The van der Waals surface area contributed by atoms with Gasteiger partial charge >= 0.3 is 0 Å². The molecule has 1 N–H and O–H groups in total. The SMILES string of the molecule is Cc1nc(Nc2ccc(F)c(Cl)c2)sc1C(=O)N(C)C. The van der Waals surface area contributed by atoms with E-state index in [0.29, 0.717) is 21.4 Å². The number of amides is 1. The van der Waals surface area contributed by atoms with E-state index < -0.39 is 5.82 Å². The van der Waals surface area contributed by atoms with Crippen molar-refractivity contribution in [2.24, 2.45) is 0 Å². The van der Waals surface area contributed by atoms with E-state index in [-0.39, 0.29) is 10.9 Å². The zero-order valence-corrected chi connectivity index (χ0v) is 12.8. The van der Waals surface area contributed by atoms with Crippen LogP contribution in [0.2, 0.25) is 5.02 Å². The van der Waals surface area contributed by atoms with Crippen molar-refractivity contribution in [3.8, 4) is 0 Å². The molecule has 0 aliphatic heterocycles. The number of carbonyl (C=O) groups is 1. The molecule has 0 aliphatic carbocycles. The second-order valence-electron chi connectivity index (χ2n) is 4.39. The minimum Gasteiger partial charge on any atom is -0.344 e. The number of hydrogen-bond donors (Lipinski definition) is 1. The molecule has 1 heterocycles. The first-order chi connectivity index (χ1) is 9.38. The van der Waals surface area contributed by atoms with Crippen molar-refractivity contribution in [2.75, 3.05) is 19.4 Å². The molecule has 4 nitrogen and oxygen atoms in total. The van der Waals surface area contributed by atoms with Gasteiger partial charge in [0.15, 0.2) is 5.13 Å². The van der Waals surface area contributed by atoms with Crippen molar-refractivity contribution in [1.29, 1.82) is 0 Å². The van der Waals surface area contributed by atoms with Gasteiger partial charge in [-0.05, 0) is 25.1 Å². The molecule has 0 unspecified atom stereocenters. The third-order valence-corrected chi connectivity index (χ3v) is 3.92. The molecule has 7 heteroatoms. The molecule has 1 aromatic heterocycles. The van der Waals surface area contributed by atoms with Gasteiger partial charge in [-0.1, -0.05) is 22.9 Å². The molecule has 0 bridgehead atoms. The van der Waals surface area contributed by atoms with Crippen LogP contribution in [0.1, 0.15) is 15.4 Å². The summed E-state index contributed by atoms with van der Waals surface area (Å²) < 4.78 is 13.1. The lowest BCUT2D eigenvalue weighted by molar-refractivity contribution is 0.0831. The predicted octanol–water partition coefficient (Wildman–Crippen LogP) is 3.69. The molecule has 106 valence electrons. The largest absolute Gasteiger partial charge is 0.344 e. The minimum atomic E-state index is -0.476. The fourth-order valence-corrected chi connectivity index (χ4v) is 2.74. The number of aryl methyl sites for hydroxylation is 1. The fraction of sp³-hybridized carbons (Fsp3) is 0.231. The number of rotatable bonds is 3. The van der Waals surface area contributed by atoms with Crippen molar-refractivity contribution in [1.82, 2.24) is 9.88 Å². The fourth-order valence-electron chi connectivity index (χ4n) is 1.55. The van der Waals surface area contributed by atoms with Gasteiger partial charge in [-0.3, -0.25) is 4.79 Å². The van der Waals surface area contributed by atoms with Crippen molar-refractivity contribution >= 4 is 39.7 Å². The summed E-state index contributed by atoms with van der Waals surface area (Å²) in [6.07, 6.45) is 0. The number of aromatic nitrogens is 1. The maximum atomic E-state index is 13.1. The van der Waals surface area contributed by atoms with Crippen LogP contribution in [0.4, 0.5) is 15.2 Å². The van der Waals surface area contributed by atoms with Gasteiger partial charge < -0.3 is 10.2 Å². The number of hydrogen-bond acceptors (Lipinski definition) is 4. The van der Waals surface area contributed by atoms with E-state index in [2.05, 4.69) is 10.3 Å². The van der Waals surface area contributed by atoms with Crippen LogP contribution in [0.15, 0.2) is 18.2 Å². The summed E-state index contributed by atoms with van der Waals surface area (Å²) in [5.41, 5.74) is 1.28. The molecule has 1 aromatic carbocycles. The standard InChI is InChI=1S/C13H13ClFN3OS/c1-7-11(12(19)18(2)3)20-13(16-7)17-8-4-5-10(15)9(14)6-8/h4-6H,1-3H3,(H,16,17). The maximum absolute atomic E-state index is 13.1. The molecule has 1 amide bonds.